The Bertz CT molecular complexity index is 983. The van der Waals surface area contributed by atoms with Crippen molar-refractivity contribution >= 4 is 31.1 Å². The van der Waals surface area contributed by atoms with Crippen molar-refractivity contribution in [2.24, 2.45) is 0 Å². The quantitative estimate of drug-likeness (QED) is 0.379. The summed E-state index contributed by atoms with van der Waals surface area (Å²) >= 11 is 0.0649. The normalized spacial score (nSPS) is 10.8. The van der Waals surface area contributed by atoms with E-state index in [4.69, 9.17) is 0 Å². The van der Waals surface area contributed by atoms with E-state index >= 15 is 0 Å². The van der Waals surface area contributed by atoms with Gasteiger partial charge in [0.05, 0.1) is 0 Å². The first kappa shape index (κ1) is 14.2. The van der Waals surface area contributed by atoms with Crippen molar-refractivity contribution in [2.75, 3.05) is 0 Å². The fourth-order valence-corrected chi connectivity index (χ4v) is 4.71. The molecule has 1 aromatic heterocycles. The number of fused-ring (bicyclic) bond motifs is 1. The van der Waals surface area contributed by atoms with Gasteiger partial charge in [0.2, 0.25) is 0 Å². The summed E-state index contributed by atoms with van der Waals surface area (Å²) in [5.74, 6) is 0.151. The average Bonchev–Trinajstić information content (AvgIpc) is 3.11. The summed E-state index contributed by atoms with van der Waals surface area (Å²) in [6.07, 6.45) is 0. The zero-order valence-electron chi connectivity index (χ0n) is 12.4. The maximum atomic E-state index is 12.6. The van der Waals surface area contributed by atoms with Crippen molar-refractivity contribution in [3.05, 3.63) is 94.9 Å². The first-order valence-corrected chi connectivity index (χ1v) is 9.21. The molecule has 3 aromatic carbocycles. The summed E-state index contributed by atoms with van der Waals surface area (Å²) in [5.41, 5.74) is 1.99. The molecule has 0 saturated carbocycles. The van der Waals surface area contributed by atoms with Crippen LogP contribution in [0.25, 0.3) is 20.8 Å². The number of rotatable bonds is 3. The minimum absolute atomic E-state index is 0.0649. The van der Waals surface area contributed by atoms with Crippen LogP contribution in [-0.2, 0) is 0 Å². The third kappa shape index (κ3) is 2.79. The van der Waals surface area contributed by atoms with E-state index in [0.29, 0.717) is 0 Å². The number of carbonyl (C=O) groups is 1. The molecule has 4 rings (SSSR count). The van der Waals surface area contributed by atoms with Crippen molar-refractivity contribution in [1.82, 2.24) is 0 Å². The second kappa shape index (κ2) is 6.00. The predicted octanol–water partition coefficient (Wildman–Crippen LogP) is 4.79. The molecule has 0 spiro atoms. The van der Waals surface area contributed by atoms with E-state index in [1.54, 1.807) is 0 Å². The summed E-state index contributed by atoms with van der Waals surface area (Å²) in [5, 5.41) is 2.49. The van der Waals surface area contributed by atoms with E-state index in [1.807, 2.05) is 36.4 Å². The number of ketones is 1. The molecular formula is C21H14OSe. The summed E-state index contributed by atoms with van der Waals surface area (Å²) in [4.78, 5) is 12.6. The summed E-state index contributed by atoms with van der Waals surface area (Å²) in [6.45, 7) is 0. The monoisotopic (exact) mass is 362 g/mol. The van der Waals surface area contributed by atoms with Gasteiger partial charge in [0.25, 0.3) is 0 Å². The molecule has 0 aliphatic heterocycles. The summed E-state index contributed by atoms with van der Waals surface area (Å²) < 4.78 is 2.19. The van der Waals surface area contributed by atoms with Crippen LogP contribution in [0.4, 0.5) is 0 Å². The molecule has 110 valence electrons. The molecule has 0 bridgehead atoms. The zero-order chi connectivity index (χ0) is 15.6. The van der Waals surface area contributed by atoms with Gasteiger partial charge in [-0.3, -0.25) is 0 Å². The molecule has 0 radical (unpaired) electrons. The van der Waals surface area contributed by atoms with E-state index in [2.05, 4.69) is 48.5 Å². The van der Waals surface area contributed by atoms with E-state index in [1.165, 1.54) is 20.8 Å². The van der Waals surface area contributed by atoms with Crippen LogP contribution < -0.4 is 0 Å². The van der Waals surface area contributed by atoms with Gasteiger partial charge in [0.15, 0.2) is 0 Å². The van der Waals surface area contributed by atoms with Crippen LogP contribution in [-0.4, -0.2) is 20.3 Å². The number of hydrogen-bond donors (Lipinski definition) is 0. The molecule has 0 N–H and O–H groups in total. The molecule has 1 heterocycles. The van der Waals surface area contributed by atoms with Crippen molar-refractivity contribution in [1.29, 1.82) is 0 Å². The van der Waals surface area contributed by atoms with Crippen LogP contribution in [0.3, 0.4) is 0 Å². The number of hydrogen-bond acceptors (Lipinski definition) is 1. The van der Waals surface area contributed by atoms with Crippen LogP contribution in [0.1, 0.15) is 14.8 Å². The van der Waals surface area contributed by atoms with Crippen LogP contribution in [0.5, 0.6) is 0 Å². The Morgan fingerprint density at radius 1 is 0.696 bits per heavy atom. The molecule has 0 amide bonds. The molecule has 0 fully saturated rings. The fourth-order valence-electron chi connectivity index (χ4n) is 2.69. The topological polar surface area (TPSA) is 17.1 Å². The fraction of sp³-hybridized carbons (Fsp3) is 0. The third-order valence-corrected chi connectivity index (χ3v) is 6.28. The zero-order valence-corrected chi connectivity index (χ0v) is 14.1. The van der Waals surface area contributed by atoms with Crippen LogP contribution in [0, 0.1) is 0 Å². The van der Waals surface area contributed by atoms with E-state index in [9.17, 15) is 4.79 Å². The van der Waals surface area contributed by atoms with Crippen LogP contribution >= 0.6 is 0 Å². The first-order valence-electron chi connectivity index (χ1n) is 7.50. The van der Waals surface area contributed by atoms with Crippen molar-refractivity contribution < 1.29 is 4.79 Å². The van der Waals surface area contributed by atoms with Gasteiger partial charge in [0.1, 0.15) is 0 Å². The van der Waals surface area contributed by atoms with Gasteiger partial charge in [0, 0.05) is 0 Å². The Hall–Kier alpha value is -2.41. The summed E-state index contributed by atoms with van der Waals surface area (Å²) in [6, 6.07) is 28.5. The molecular weight excluding hydrogens is 347 g/mol. The van der Waals surface area contributed by atoms with E-state index < -0.39 is 0 Å². The van der Waals surface area contributed by atoms with Crippen LogP contribution in [0.2, 0.25) is 0 Å². The second-order valence-electron chi connectivity index (χ2n) is 5.42. The Kier molecular flexibility index (Phi) is 3.70. The average molecular weight is 361 g/mol. The molecule has 2 heteroatoms. The molecule has 4 aromatic rings. The molecule has 0 unspecified atom stereocenters. The Morgan fingerprint density at radius 2 is 1.43 bits per heavy atom. The first-order chi connectivity index (χ1) is 11.3. The Labute approximate surface area is 141 Å². The van der Waals surface area contributed by atoms with Crippen LogP contribution in [0.15, 0.2) is 84.9 Å². The van der Waals surface area contributed by atoms with E-state index in [0.717, 1.165) is 10.0 Å². The number of carbonyl (C=O) groups excluding carboxylic acids is 1. The maximum absolute atomic E-state index is 12.6. The van der Waals surface area contributed by atoms with Gasteiger partial charge in [-0.1, -0.05) is 0 Å². The van der Waals surface area contributed by atoms with Crippen molar-refractivity contribution in [2.45, 2.75) is 0 Å². The van der Waals surface area contributed by atoms with E-state index in [-0.39, 0.29) is 20.3 Å². The molecule has 0 atom stereocenters. The Balaban J connectivity index is 1.70. The standard InChI is InChI=1S/C21H14OSe/c22-21(16-7-2-1-3-8-16)20-13-12-19(23-20)18-11-10-15-6-4-5-9-17(15)14-18/h1-14H. The minimum atomic E-state index is 0.0649. The Morgan fingerprint density at radius 3 is 2.26 bits per heavy atom. The number of benzene rings is 3. The van der Waals surface area contributed by atoms with Gasteiger partial charge in [-0.2, -0.15) is 0 Å². The van der Waals surface area contributed by atoms with Gasteiger partial charge < -0.3 is 0 Å². The molecule has 23 heavy (non-hydrogen) atoms. The van der Waals surface area contributed by atoms with Gasteiger partial charge in [-0.25, -0.2) is 0 Å². The molecule has 0 aliphatic carbocycles. The van der Waals surface area contributed by atoms with Gasteiger partial charge in [-0.05, 0) is 0 Å². The van der Waals surface area contributed by atoms with Crippen molar-refractivity contribution in [3.63, 3.8) is 0 Å². The molecule has 1 nitrogen and oxygen atoms in total. The van der Waals surface area contributed by atoms with Gasteiger partial charge in [-0.15, -0.1) is 0 Å². The van der Waals surface area contributed by atoms with Crippen molar-refractivity contribution in [3.8, 4) is 10.0 Å². The third-order valence-electron chi connectivity index (χ3n) is 3.90. The van der Waals surface area contributed by atoms with Gasteiger partial charge >= 0.3 is 141 Å². The SMILES string of the molecule is O=C(c1ccccc1)c1ccc(-c2ccc3ccccc3c2)[se]1. The molecule has 0 saturated heterocycles. The second-order valence-corrected chi connectivity index (χ2v) is 7.69. The molecule has 0 aliphatic rings. The summed E-state index contributed by atoms with van der Waals surface area (Å²) in [7, 11) is 0. The predicted molar refractivity (Wildman–Crippen MR) is 96.2 cm³/mol.